The molecule has 0 spiro atoms. The Balaban J connectivity index is 2.69. The normalized spacial score (nSPS) is 13.4. The van der Waals surface area contributed by atoms with Crippen LogP contribution < -0.4 is 5.32 Å². The summed E-state index contributed by atoms with van der Waals surface area (Å²) in [6.45, 7) is 4.38. The predicted molar refractivity (Wildman–Crippen MR) is 65.9 cm³/mol. The monoisotopic (exact) mass is 275 g/mol. The summed E-state index contributed by atoms with van der Waals surface area (Å²) in [5.41, 5.74) is -0.223. The van der Waals surface area contributed by atoms with Crippen molar-refractivity contribution in [1.29, 1.82) is 0 Å². The number of ether oxygens (including phenoxy) is 1. The number of carbonyl (C=O) groups is 1. The summed E-state index contributed by atoms with van der Waals surface area (Å²) in [5, 5.41) is 6.34. The molecule has 0 aromatic carbocycles. The van der Waals surface area contributed by atoms with E-state index in [0.29, 0.717) is 16.8 Å². The standard InChI is InChI=1S/C12H19F2N3O2/c1-5-8(15-11(18)19-12(2,3)4)9-6-7-17(16-9)10(13)14/h6-8,10H,5H2,1-4H3,(H,15,18). The average molecular weight is 275 g/mol. The van der Waals surface area contributed by atoms with E-state index in [1.165, 1.54) is 12.3 Å². The summed E-state index contributed by atoms with van der Waals surface area (Å²) < 4.78 is 30.5. The van der Waals surface area contributed by atoms with E-state index >= 15 is 0 Å². The molecule has 0 aliphatic heterocycles. The van der Waals surface area contributed by atoms with Crippen LogP contribution in [0.15, 0.2) is 12.3 Å². The topological polar surface area (TPSA) is 56.1 Å². The molecule has 1 rings (SSSR count). The number of aromatic nitrogens is 2. The molecule has 1 N–H and O–H groups in total. The molecule has 0 radical (unpaired) electrons. The largest absolute Gasteiger partial charge is 0.444 e. The second kappa shape index (κ2) is 5.99. The second-order valence-electron chi connectivity index (χ2n) is 5.11. The van der Waals surface area contributed by atoms with Gasteiger partial charge < -0.3 is 10.1 Å². The highest BCUT2D eigenvalue weighted by Crippen LogP contribution is 2.18. The Morgan fingerprint density at radius 1 is 1.53 bits per heavy atom. The Labute approximate surface area is 110 Å². The molecule has 0 bridgehead atoms. The van der Waals surface area contributed by atoms with Gasteiger partial charge >= 0.3 is 12.6 Å². The van der Waals surface area contributed by atoms with Crippen LogP contribution in [0.4, 0.5) is 13.6 Å². The number of carbonyl (C=O) groups excluding carboxylic acids is 1. The van der Waals surface area contributed by atoms with Gasteiger partial charge in [-0.15, -0.1) is 0 Å². The van der Waals surface area contributed by atoms with Crippen LogP contribution in [-0.4, -0.2) is 21.5 Å². The van der Waals surface area contributed by atoms with E-state index in [2.05, 4.69) is 10.4 Å². The maximum absolute atomic E-state index is 12.4. The fourth-order valence-electron chi connectivity index (χ4n) is 1.48. The molecule has 0 aliphatic rings. The number of hydrogen-bond donors (Lipinski definition) is 1. The van der Waals surface area contributed by atoms with E-state index in [1.807, 2.05) is 6.92 Å². The van der Waals surface area contributed by atoms with Gasteiger partial charge in [-0.05, 0) is 33.3 Å². The summed E-state index contributed by atoms with van der Waals surface area (Å²) in [6.07, 6.45) is 1.12. The van der Waals surface area contributed by atoms with E-state index in [0.717, 1.165) is 0 Å². The number of hydrogen-bond acceptors (Lipinski definition) is 3. The van der Waals surface area contributed by atoms with Gasteiger partial charge in [0, 0.05) is 6.20 Å². The third-order valence-corrected chi connectivity index (χ3v) is 2.29. The van der Waals surface area contributed by atoms with Crippen molar-refractivity contribution in [2.45, 2.75) is 52.3 Å². The highest BCUT2D eigenvalue weighted by atomic mass is 19.3. The molecule has 1 heterocycles. The third-order valence-electron chi connectivity index (χ3n) is 2.29. The van der Waals surface area contributed by atoms with Crippen molar-refractivity contribution in [3.8, 4) is 0 Å². The van der Waals surface area contributed by atoms with Crippen LogP contribution in [0.3, 0.4) is 0 Å². The molecule has 7 heteroatoms. The highest BCUT2D eigenvalue weighted by molar-refractivity contribution is 5.68. The Hall–Kier alpha value is -1.66. The van der Waals surface area contributed by atoms with Crippen LogP contribution in [-0.2, 0) is 4.74 Å². The summed E-state index contributed by atoms with van der Waals surface area (Å²) in [5.74, 6) is 0. The molecule has 1 unspecified atom stereocenters. The minimum absolute atomic E-state index is 0.383. The zero-order valence-corrected chi connectivity index (χ0v) is 11.5. The van der Waals surface area contributed by atoms with Gasteiger partial charge in [0.2, 0.25) is 0 Å². The van der Waals surface area contributed by atoms with Crippen molar-refractivity contribution in [1.82, 2.24) is 15.1 Å². The van der Waals surface area contributed by atoms with Gasteiger partial charge in [0.1, 0.15) is 5.60 Å². The first-order valence-corrected chi connectivity index (χ1v) is 6.05. The number of halogens is 2. The van der Waals surface area contributed by atoms with Crippen LogP contribution in [0.5, 0.6) is 0 Å². The first-order valence-electron chi connectivity index (χ1n) is 6.05. The Bertz CT molecular complexity index is 427. The molecule has 108 valence electrons. The van der Waals surface area contributed by atoms with E-state index < -0.39 is 24.3 Å². The minimum atomic E-state index is -2.69. The molecular weight excluding hydrogens is 256 g/mol. The van der Waals surface area contributed by atoms with Gasteiger partial charge in [-0.1, -0.05) is 6.92 Å². The lowest BCUT2D eigenvalue weighted by molar-refractivity contribution is 0.0495. The average Bonchev–Trinajstić information content (AvgIpc) is 2.72. The van der Waals surface area contributed by atoms with Gasteiger partial charge in [-0.2, -0.15) is 13.9 Å². The molecule has 1 atom stereocenters. The fraction of sp³-hybridized carbons (Fsp3) is 0.667. The minimum Gasteiger partial charge on any atom is -0.444 e. The van der Waals surface area contributed by atoms with Crippen molar-refractivity contribution < 1.29 is 18.3 Å². The van der Waals surface area contributed by atoms with Gasteiger partial charge in [0.05, 0.1) is 11.7 Å². The zero-order chi connectivity index (χ0) is 14.6. The molecule has 1 aromatic heterocycles. The highest BCUT2D eigenvalue weighted by Gasteiger charge is 2.21. The molecule has 5 nitrogen and oxygen atoms in total. The molecular formula is C12H19F2N3O2. The molecule has 0 fully saturated rings. The van der Waals surface area contributed by atoms with Gasteiger partial charge in [-0.25, -0.2) is 9.48 Å². The fourth-order valence-corrected chi connectivity index (χ4v) is 1.48. The number of alkyl halides is 2. The van der Waals surface area contributed by atoms with Crippen LogP contribution in [0.2, 0.25) is 0 Å². The molecule has 1 aromatic rings. The number of rotatable bonds is 4. The molecule has 0 saturated heterocycles. The summed E-state index contributed by atoms with van der Waals surface area (Å²) >= 11 is 0. The van der Waals surface area contributed by atoms with E-state index in [9.17, 15) is 13.6 Å². The van der Waals surface area contributed by atoms with Crippen molar-refractivity contribution in [3.63, 3.8) is 0 Å². The first-order chi connectivity index (χ1) is 8.73. The van der Waals surface area contributed by atoms with Crippen LogP contribution in [0.1, 0.15) is 52.4 Å². The lowest BCUT2D eigenvalue weighted by Gasteiger charge is -2.22. The molecule has 0 saturated carbocycles. The smallest absolute Gasteiger partial charge is 0.408 e. The molecule has 19 heavy (non-hydrogen) atoms. The van der Waals surface area contributed by atoms with E-state index in [4.69, 9.17) is 4.74 Å². The number of amides is 1. The summed E-state index contributed by atoms with van der Waals surface area (Å²) in [6, 6.07) is 1.01. The van der Waals surface area contributed by atoms with Crippen molar-refractivity contribution >= 4 is 6.09 Å². The molecule has 1 amide bonds. The number of nitrogens with zero attached hydrogens (tertiary/aromatic N) is 2. The lowest BCUT2D eigenvalue weighted by Crippen LogP contribution is -2.35. The Morgan fingerprint density at radius 2 is 2.16 bits per heavy atom. The second-order valence-corrected chi connectivity index (χ2v) is 5.11. The van der Waals surface area contributed by atoms with Gasteiger partial charge in [0.25, 0.3) is 0 Å². The lowest BCUT2D eigenvalue weighted by atomic mass is 10.1. The van der Waals surface area contributed by atoms with Crippen LogP contribution >= 0.6 is 0 Å². The summed E-state index contributed by atoms with van der Waals surface area (Å²) in [4.78, 5) is 11.6. The number of nitrogens with one attached hydrogen (secondary N) is 1. The van der Waals surface area contributed by atoms with Crippen molar-refractivity contribution in [3.05, 3.63) is 18.0 Å². The summed E-state index contributed by atoms with van der Waals surface area (Å²) in [7, 11) is 0. The maximum atomic E-state index is 12.4. The number of alkyl carbamates (subject to hydrolysis) is 1. The molecule has 0 aliphatic carbocycles. The van der Waals surface area contributed by atoms with E-state index in [1.54, 1.807) is 20.8 Å². The van der Waals surface area contributed by atoms with Crippen LogP contribution in [0, 0.1) is 0 Å². The van der Waals surface area contributed by atoms with Crippen LogP contribution in [0.25, 0.3) is 0 Å². The van der Waals surface area contributed by atoms with E-state index in [-0.39, 0.29) is 0 Å². The van der Waals surface area contributed by atoms with Crippen molar-refractivity contribution in [2.75, 3.05) is 0 Å². The quantitative estimate of drug-likeness (QED) is 0.917. The predicted octanol–water partition coefficient (Wildman–Crippen LogP) is 3.25. The SMILES string of the molecule is CCC(NC(=O)OC(C)(C)C)c1ccn(C(F)F)n1. The van der Waals surface area contributed by atoms with Gasteiger partial charge in [0.15, 0.2) is 0 Å². The zero-order valence-electron chi connectivity index (χ0n) is 11.5. The third kappa shape index (κ3) is 4.84. The Kier molecular flexibility index (Phi) is 4.85. The van der Waals surface area contributed by atoms with Crippen molar-refractivity contribution in [2.24, 2.45) is 0 Å². The maximum Gasteiger partial charge on any atom is 0.408 e. The first kappa shape index (κ1) is 15.4. The van der Waals surface area contributed by atoms with Gasteiger partial charge in [-0.3, -0.25) is 0 Å². The Morgan fingerprint density at radius 3 is 2.58 bits per heavy atom.